The van der Waals surface area contributed by atoms with Gasteiger partial charge in [-0.3, -0.25) is 4.79 Å². The number of hydrogen-bond donors (Lipinski definition) is 1. The maximum absolute atomic E-state index is 12.5. The molecule has 1 N–H and O–H groups in total. The number of hydrogen-bond acceptors (Lipinski definition) is 5. The highest BCUT2D eigenvalue weighted by Gasteiger charge is 2.28. The van der Waals surface area contributed by atoms with Crippen LogP contribution < -0.4 is 10.1 Å². The number of alkyl carbamates (subject to hydrolysis) is 1. The summed E-state index contributed by atoms with van der Waals surface area (Å²) in [6.45, 7) is 8.12. The van der Waals surface area contributed by atoms with Gasteiger partial charge < -0.3 is 19.7 Å². The second-order valence-electron chi connectivity index (χ2n) is 7.65. The molecule has 1 atom stereocenters. The highest BCUT2D eigenvalue weighted by atomic mass is 16.6. The van der Waals surface area contributed by atoms with Crippen LogP contribution in [-0.4, -0.2) is 47.7 Å². The maximum atomic E-state index is 12.5. The highest BCUT2D eigenvalue weighted by molar-refractivity contribution is 5.85. The average Bonchev–Trinajstić information content (AvgIpc) is 2.60. The first kappa shape index (κ1) is 20.6. The van der Waals surface area contributed by atoms with Gasteiger partial charge >= 0.3 is 6.09 Å². The molecule has 1 fully saturated rings. The summed E-state index contributed by atoms with van der Waals surface area (Å²) in [7, 11) is 0. The predicted octanol–water partition coefficient (Wildman–Crippen LogP) is 2.84. The van der Waals surface area contributed by atoms with Crippen molar-refractivity contribution in [2.75, 3.05) is 13.1 Å². The molecule has 0 aromatic heterocycles. The Bertz CT molecular complexity index is 695. The molecule has 7 heteroatoms. The van der Waals surface area contributed by atoms with E-state index in [4.69, 9.17) is 14.7 Å². The Morgan fingerprint density at radius 1 is 1.22 bits per heavy atom. The van der Waals surface area contributed by atoms with Gasteiger partial charge in [0.2, 0.25) is 5.91 Å². The molecule has 1 aromatic carbocycles. The van der Waals surface area contributed by atoms with Crippen LogP contribution in [0.3, 0.4) is 0 Å². The number of nitrogens with zero attached hydrogens (tertiary/aromatic N) is 2. The summed E-state index contributed by atoms with van der Waals surface area (Å²) in [6, 6.07) is 8.43. The lowest BCUT2D eigenvalue weighted by atomic mass is 10.1. The largest absolute Gasteiger partial charge is 0.490 e. The quantitative estimate of drug-likeness (QED) is 0.876. The van der Waals surface area contributed by atoms with Gasteiger partial charge in [-0.15, -0.1) is 0 Å². The van der Waals surface area contributed by atoms with Crippen LogP contribution in [0.4, 0.5) is 4.79 Å². The molecule has 2 rings (SSSR count). The molecule has 7 nitrogen and oxygen atoms in total. The van der Waals surface area contributed by atoms with Gasteiger partial charge in [-0.1, -0.05) is 0 Å². The van der Waals surface area contributed by atoms with E-state index in [0.717, 1.165) is 5.75 Å². The molecule has 146 valence electrons. The molecule has 2 amide bonds. The summed E-state index contributed by atoms with van der Waals surface area (Å²) in [5.41, 5.74) is -0.0113. The SMILES string of the molecule is C[C@H](NC(=O)OC(C)(C)C)C(=O)N1CCC(Oc2ccc(C#N)cc2)CC1. The van der Waals surface area contributed by atoms with Gasteiger partial charge in [0, 0.05) is 25.9 Å². The summed E-state index contributed by atoms with van der Waals surface area (Å²) in [6.07, 6.45) is 0.856. The lowest BCUT2D eigenvalue weighted by Crippen LogP contribution is -2.51. The Hall–Kier alpha value is -2.75. The van der Waals surface area contributed by atoms with Crippen LogP contribution in [0.2, 0.25) is 0 Å². The van der Waals surface area contributed by atoms with E-state index in [1.807, 2.05) is 0 Å². The van der Waals surface area contributed by atoms with E-state index in [1.54, 1.807) is 56.9 Å². The van der Waals surface area contributed by atoms with Crippen LogP contribution in [0.25, 0.3) is 0 Å². The third-order valence-corrected chi connectivity index (χ3v) is 4.14. The molecule has 1 saturated heterocycles. The van der Waals surface area contributed by atoms with Crippen molar-refractivity contribution in [3.63, 3.8) is 0 Å². The fourth-order valence-corrected chi connectivity index (χ4v) is 2.81. The van der Waals surface area contributed by atoms with E-state index in [2.05, 4.69) is 11.4 Å². The van der Waals surface area contributed by atoms with E-state index in [-0.39, 0.29) is 12.0 Å². The number of carbonyl (C=O) groups excluding carboxylic acids is 2. The first-order valence-corrected chi connectivity index (χ1v) is 9.13. The number of benzene rings is 1. The summed E-state index contributed by atoms with van der Waals surface area (Å²) in [5, 5.41) is 11.4. The van der Waals surface area contributed by atoms with Gasteiger partial charge in [0.05, 0.1) is 11.6 Å². The van der Waals surface area contributed by atoms with Gasteiger partial charge in [0.15, 0.2) is 0 Å². The van der Waals surface area contributed by atoms with Crippen molar-refractivity contribution in [3.8, 4) is 11.8 Å². The Labute approximate surface area is 160 Å². The lowest BCUT2D eigenvalue weighted by molar-refractivity contribution is -0.134. The van der Waals surface area contributed by atoms with Crippen molar-refractivity contribution in [1.82, 2.24) is 10.2 Å². The van der Waals surface area contributed by atoms with Crippen molar-refractivity contribution in [2.45, 2.75) is 58.3 Å². The van der Waals surface area contributed by atoms with Crippen molar-refractivity contribution >= 4 is 12.0 Å². The number of rotatable bonds is 4. The van der Waals surface area contributed by atoms with Crippen LogP contribution in [0.15, 0.2) is 24.3 Å². The van der Waals surface area contributed by atoms with Gasteiger partial charge in [-0.25, -0.2) is 4.79 Å². The Morgan fingerprint density at radius 3 is 2.33 bits per heavy atom. The minimum atomic E-state index is -0.643. The number of carbonyl (C=O) groups is 2. The molecule has 0 aliphatic carbocycles. The first-order chi connectivity index (χ1) is 12.7. The predicted molar refractivity (Wildman–Crippen MR) is 100 cm³/mol. The van der Waals surface area contributed by atoms with Crippen molar-refractivity contribution in [1.29, 1.82) is 5.26 Å². The van der Waals surface area contributed by atoms with Crippen LogP contribution in [0.5, 0.6) is 5.75 Å². The number of piperidine rings is 1. The highest BCUT2D eigenvalue weighted by Crippen LogP contribution is 2.20. The smallest absolute Gasteiger partial charge is 0.408 e. The fourth-order valence-electron chi connectivity index (χ4n) is 2.81. The standard InChI is InChI=1S/C20H27N3O4/c1-14(22-19(25)27-20(2,3)4)18(24)23-11-9-17(10-12-23)26-16-7-5-15(13-21)6-8-16/h5-8,14,17H,9-12H2,1-4H3,(H,22,25)/t14-/m0/s1. The van der Waals surface area contributed by atoms with Gasteiger partial charge in [0.1, 0.15) is 23.5 Å². The number of ether oxygens (including phenoxy) is 2. The molecule has 0 unspecified atom stereocenters. The van der Waals surface area contributed by atoms with Crippen LogP contribution in [0.1, 0.15) is 46.1 Å². The zero-order valence-corrected chi connectivity index (χ0v) is 16.3. The number of likely N-dealkylation sites (tertiary alicyclic amines) is 1. The summed E-state index contributed by atoms with van der Waals surface area (Å²) in [4.78, 5) is 26.1. The number of nitrogens with one attached hydrogen (secondary N) is 1. The average molecular weight is 373 g/mol. The van der Waals surface area contributed by atoms with Crippen molar-refractivity contribution < 1.29 is 19.1 Å². The Kier molecular flexibility index (Phi) is 6.67. The monoisotopic (exact) mass is 373 g/mol. The number of amides is 2. The molecule has 0 saturated carbocycles. The van der Waals surface area contributed by atoms with Gasteiger partial charge in [-0.2, -0.15) is 5.26 Å². The lowest BCUT2D eigenvalue weighted by Gasteiger charge is -2.34. The third-order valence-electron chi connectivity index (χ3n) is 4.14. The van der Waals surface area contributed by atoms with E-state index in [1.165, 1.54) is 0 Å². The van der Waals surface area contributed by atoms with Crippen LogP contribution in [0, 0.1) is 11.3 Å². The van der Waals surface area contributed by atoms with Gasteiger partial charge in [-0.05, 0) is 52.0 Å². The molecule has 0 bridgehead atoms. The second kappa shape index (κ2) is 8.76. The molecule has 1 aliphatic rings. The molecule has 27 heavy (non-hydrogen) atoms. The molecule has 1 aliphatic heterocycles. The van der Waals surface area contributed by atoms with E-state index in [9.17, 15) is 9.59 Å². The third kappa shape index (κ3) is 6.48. The summed E-state index contributed by atoms with van der Waals surface area (Å²) >= 11 is 0. The molecular formula is C20H27N3O4. The van der Waals surface area contributed by atoms with Crippen LogP contribution in [-0.2, 0) is 9.53 Å². The number of nitriles is 1. The van der Waals surface area contributed by atoms with Gasteiger partial charge in [0.25, 0.3) is 0 Å². The van der Waals surface area contributed by atoms with E-state index < -0.39 is 17.7 Å². The minimum Gasteiger partial charge on any atom is -0.490 e. The van der Waals surface area contributed by atoms with Crippen molar-refractivity contribution in [2.24, 2.45) is 0 Å². The Morgan fingerprint density at radius 2 is 1.81 bits per heavy atom. The molecule has 0 spiro atoms. The van der Waals surface area contributed by atoms with E-state index in [0.29, 0.717) is 31.5 Å². The van der Waals surface area contributed by atoms with E-state index >= 15 is 0 Å². The normalized spacial score (nSPS) is 16.2. The minimum absolute atomic E-state index is 0.0242. The zero-order chi connectivity index (χ0) is 20.0. The molecular weight excluding hydrogens is 346 g/mol. The summed E-state index contributed by atoms with van der Waals surface area (Å²) in [5.74, 6) is 0.594. The molecule has 1 heterocycles. The summed E-state index contributed by atoms with van der Waals surface area (Å²) < 4.78 is 11.1. The molecule has 0 radical (unpaired) electrons. The van der Waals surface area contributed by atoms with Crippen LogP contribution >= 0.6 is 0 Å². The Balaban J connectivity index is 1.79. The zero-order valence-electron chi connectivity index (χ0n) is 16.3. The topological polar surface area (TPSA) is 91.7 Å². The van der Waals surface area contributed by atoms with Crippen molar-refractivity contribution in [3.05, 3.63) is 29.8 Å². The first-order valence-electron chi connectivity index (χ1n) is 9.13. The fraction of sp³-hybridized carbons (Fsp3) is 0.550. The second-order valence-corrected chi connectivity index (χ2v) is 7.65. The maximum Gasteiger partial charge on any atom is 0.408 e. The molecule has 1 aromatic rings.